The molecule has 7 rings (SSSR count). The Bertz CT molecular complexity index is 3500. The molecule has 8 bridgehead atoms. The summed E-state index contributed by atoms with van der Waals surface area (Å²) in [5.74, 6) is 18.8. The lowest BCUT2D eigenvalue weighted by Gasteiger charge is -2.18. The second-order valence-corrected chi connectivity index (χ2v) is 32.4. The third kappa shape index (κ3) is 38.4. The fourth-order valence-corrected chi connectivity index (χ4v) is 15.2. The van der Waals surface area contributed by atoms with Gasteiger partial charge in [-0.1, -0.05) is 373 Å². The molecule has 2 aliphatic rings. The number of nitrogens with one attached hydrogen (secondary N) is 2. The average Bonchev–Trinajstić information content (AvgIpc) is 1.44. The van der Waals surface area contributed by atoms with Crippen molar-refractivity contribution >= 4 is 46.4 Å². The van der Waals surface area contributed by atoms with Crippen molar-refractivity contribution in [3.8, 4) is 58.2 Å². The van der Waals surface area contributed by atoms with Gasteiger partial charge in [0.1, 0.15) is 0 Å². The van der Waals surface area contributed by atoms with Crippen molar-refractivity contribution in [2.45, 2.75) is 388 Å². The SMILES string of the molecule is CCCCCCCCCCCOc1cc(C#Cc2c3nc(cc4ccc([nH]4)c(C#Cc4cc(OCCCCCCCCCCC)c(OCCCCCCCCCCC)c(OCCCCCCCCCCC)c4)c4ccc(cc5nc2C=C5)[nH]4)C=C3)cc(OCCCCCCCCCCC)c1OCCCCCCCCCCC. The van der Waals surface area contributed by atoms with Crippen LogP contribution in [-0.4, -0.2) is 59.6 Å². The number of ether oxygens (including phenoxy) is 6. The highest BCUT2D eigenvalue weighted by atomic mass is 16.5. The molecular formula is C102H154N4O6. The van der Waals surface area contributed by atoms with Crippen molar-refractivity contribution in [2.24, 2.45) is 0 Å². The molecule has 10 nitrogen and oxygen atoms in total. The van der Waals surface area contributed by atoms with Gasteiger partial charge in [-0.15, -0.1) is 0 Å². The van der Waals surface area contributed by atoms with Gasteiger partial charge in [-0.3, -0.25) is 0 Å². The minimum absolute atomic E-state index is 0.608. The number of aromatic nitrogens is 4. The van der Waals surface area contributed by atoms with Crippen LogP contribution in [0.1, 0.15) is 433 Å². The Kier molecular flexibility index (Phi) is 49.8. The summed E-state index contributed by atoms with van der Waals surface area (Å²) in [6.45, 7) is 17.4. The highest BCUT2D eigenvalue weighted by Crippen LogP contribution is 2.42. The van der Waals surface area contributed by atoms with Crippen LogP contribution in [0.25, 0.3) is 46.4 Å². The first kappa shape index (κ1) is 92.1. The molecule has 618 valence electrons. The Morgan fingerprint density at radius 2 is 0.473 bits per heavy atom. The normalized spacial score (nSPS) is 11.6. The Morgan fingerprint density at radius 3 is 0.732 bits per heavy atom. The summed E-state index contributed by atoms with van der Waals surface area (Å²) in [4.78, 5) is 18.0. The van der Waals surface area contributed by atoms with Crippen LogP contribution in [0, 0.1) is 23.7 Å². The van der Waals surface area contributed by atoms with Gasteiger partial charge >= 0.3 is 0 Å². The van der Waals surface area contributed by atoms with Crippen molar-refractivity contribution in [1.29, 1.82) is 0 Å². The number of hydrogen-bond donors (Lipinski definition) is 2. The molecule has 0 saturated carbocycles. The summed E-state index contributed by atoms with van der Waals surface area (Å²) in [6.07, 6.45) is 75.9. The van der Waals surface area contributed by atoms with E-state index in [1.54, 1.807) is 0 Å². The lowest BCUT2D eigenvalue weighted by atomic mass is 10.1. The molecule has 2 N–H and O–H groups in total. The Morgan fingerprint density at radius 1 is 0.241 bits per heavy atom. The molecule has 0 unspecified atom stereocenters. The van der Waals surface area contributed by atoms with E-state index in [-0.39, 0.29) is 0 Å². The number of H-pyrrole nitrogens is 2. The zero-order valence-electron chi connectivity index (χ0n) is 71.9. The number of hydrogen-bond acceptors (Lipinski definition) is 8. The zero-order chi connectivity index (χ0) is 78.6. The fraction of sp³-hybridized carbons (Fsp3) is 0.647. The van der Waals surface area contributed by atoms with Crippen LogP contribution < -0.4 is 28.4 Å². The maximum absolute atomic E-state index is 6.83. The van der Waals surface area contributed by atoms with E-state index in [0.717, 1.165) is 144 Å². The average molecular weight is 1530 g/mol. The largest absolute Gasteiger partial charge is 0.490 e. The molecule has 3 aromatic heterocycles. The van der Waals surface area contributed by atoms with E-state index < -0.39 is 0 Å². The predicted octanol–water partition coefficient (Wildman–Crippen LogP) is 30.9. The van der Waals surface area contributed by atoms with Gasteiger partial charge in [-0.25, -0.2) is 9.97 Å². The van der Waals surface area contributed by atoms with Crippen molar-refractivity contribution in [3.63, 3.8) is 0 Å². The first-order valence-electron chi connectivity index (χ1n) is 46.7. The van der Waals surface area contributed by atoms with Gasteiger partial charge in [0.2, 0.25) is 11.5 Å². The smallest absolute Gasteiger partial charge is 0.203 e. The Balaban J connectivity index is 1.21. The molecule has 2 aromatic carbocycles. The molecule has 0 atom stereocenters. The highest BCUT2D eigenvalue weighted by Gasteiger charge is 2.20. The second-order valence-electron chi connectivity index (χ2n) is 32.4. The number of nitrogens with zero attached hydrogens (tertiary/aromatic N) is 2. The van der Waals surface area contributed by atoms with Gasteiger partial charge in [-0.05, 0) is 123 Å². The third-order valence-corrected chi connectivity index (χ3v) is 22.1. The molecule has 0 spiro atoms. The Labute approximate surface area is 682 Å². The first-order valence-corrected chi connectivity index (χ1v) is 46.7. The predicted molar refractivity (Wildman–Crippen MR) is 480 cm³/mol. The maximum Gasteiger partial charge on any atom is 0.203 e. The van der Waals surface area contributed by atoms with Crippen LogP contribution in [0.3, 0.4) is 0 Å². The molecule has 2 aliphatic heterocycles. The molecule has 0 radical (unpaired) electrons. The monoisotopic (exact) mass is 1530 g/mol. The fourth-order valence-electron chi connectivity index (χ4n) is 15.2. The van der Waals surface area contributed by atoms with Crippen molar-refractivity contribution in [2.75, 3.05) is 39.6 Å². The quantitative estimate of drug-likeness (QED) is 0.0286. The molecule has 5 aromatic rings. The van der Waals surface area contributed by atoms with Gasteiger partial charge < -0.3 is 38.4 Å². The van der Waals surface area contributed by atoms with Gasteiger partial charge in [0.15, 0.2) is 23.0 Å². The first-order chi connectivity index (χ1) is 55.4. The molecule has 0 aliphatic carbocycles. The minimum atomic E-state index is 0.608. The summed E-state index contributed by atoms with van der Waals surface area (Å²) in [7, 11) is 0. The van der Waals surface area contributed by atoms with Crippen LogP contribution >= 0.6 is 0 Å². The zero-order valence-corrected chi connectivity index (χ0v) is 71.9. The van der Waals surface area contributed by atoms with Crippen LogP contribution in [-0.2, 0) is 0 Å². The summed E-state index contributed by atoms with van der Waals surface area (Å²) in [6, 6.07) is 21.0. The number of fused-ring (bicyclic) bond motifs is 8. The summed E-state index contributed by atoms with van der Waals surface area (Å²) in [5, 5.41) is 0. The highest BCUT2D eigenvalue weighted by molar-refractivity contribution is 5.84. The molecule has 0 amide bonds. The summed E-state index contributed by atoms with van der Waals surface area (Å²) in [5.41, 5.74) is 9.88. The van der Waals surface area contributed by atoms with Crippen molar-refractivity contribution in [3.05, 3.63) is 106 Å². The van der Waals surface area contributed by atoms with Crippen LogP contribution in [0.4, 0.5) is 0 Å². The Hall–Kier alpha value is -7.04. The van der Waals surface area contributed by atoms with Crippen LogP contribution in [0.2, 0.25) is 0 Å². The lowest BCUT2D eigenvalue weighted by molar-refractivity contribution is 0.234. The van der Waals surface area contributed by atoms with E-state index >= 15 is 0 Å². The van der Waals surface area contributed by atoms with Crippen molar-refractivity contribution < 1.29 is 28.4 Å². The molecule has 0 saturated heterocycles. The van der Waals surface area contributed by atoms with Gasteiger partial charge in [-0.2, -0.15) is 0 Å². The van der Waals surface area contributed by atoms with E-state index in [2.05, 4.69) is 160 Å². The molecule has 5 heterocycles. The van der Waals surface area contributed by atoms with E-state index in [0.29, 0.717) is 74.1 Å². The summed E-state index contributed by atoms with van der Waals surface area (Å²) < 4.78 is 40.9. The third-order valence-electron chi connectivity index (χ3n) is 22.1. The second kappa shape index (κ2) is 60.5. The van der Waals surface area contributed by atoms with Gasteiger partial charge in [0.05, 0.1) is 84.6 Å². The molecular weight excluding hydrogens is 1380 g/mol. The maximum atomic E-state index is 6.83. The number of rotatable bonds is 66. The number of aromatic amines is 2. The number of benzene rings is 2. The van der Waals surface area contributed by atoms with E-state index in [4.69, 9.17) is 38.4 Å². The summed E-state index contributed by atoms with van der Waals surface area (Å²) >= 11 is 0. The molecule has 112 heavy (non-hydrogen) atoms. The van der Waals surface area contributed by atoms with E-state index in [1.807, 2.05) is 0 Å². The minimum Gasteiger partial charge on any atom is -0.490 e. The van der Waals surface area contributed by atoms with Gasteiger partial charge in [0, 0.05) is 22.2 Å². The standard InChI is InChI=1S/C102H154N4O6/c1-7-13-19-25-31-37-43-49-55-73-107-97-79-85(80-98(108-74-56-50-44-38-32-26-20-14-8-2)101(97)111-77-59-53-47-41-35-29-23-17-11-5)61-67-91-93-69-63-87(103-93)83-89-65-71-95(105-89)92(96-72-66-90(106-96)84-88-64-70-94(91)104-88)68-62-86-81-99(109-75-57-51-45-39-33-27-21-15-9-3)102(112-78-60-54-48-42-36-30-24-18-12-6)100(82-86)110-76-58-52-46-40-34-28-22-16-10-4/h63-66,69-72,79-84,103-104H,7-60,73-78H2,1-6H3. The van der Waals surface area contributed by atoms with Crippen LogP contribution in [0.5, 0.6) is 34.5 Å². The molecule has 10 heteroatoms. The lowest BCUT2D eigenvalue weighted by Crippen LogP contribution is -2.07. The molecule has 0 fully saturated rings. The van der Waals surface area contributed by atoms with E-state index in [9.17, 15) is 0 Å². The number of unbranched alkanes of at least 4 members (excludes halogenated alkanes) is 48. The van der Waals surface area contributed by atoms with E-state index in [1.165, 1.54) is 270 Å². The topological polar surface area (TPSA) is 113 Å². The van der Waals surface area contributed by atoms with Gasteiger partial charge in [0.25, 0.3) is 0 Å². The van der Waals surface area contributed by atoms with Crippen LogP contribution in [0.15, 0.2) is 60.7 Å². The van der Waals surface area contributed by atoms with Crippen molar-refractivity contribution in [1.82, 2.24) is 19.9 Å².